The van der Waals surface area contributed by atoms with E-state index in [2.05, 4.69) is 23.8 Å². The maximum atomic E-state index is 6.14. The number of hydrogen-bond donors (Lipinski definition) is 1. The SMILES string of the molecule is CCC1CCC(C)N1c1c(N)c(C)nn1C. The van der Waals surface area contributed by atoms with Gasteiger partial charge in [-0.3, -0.25) is 4.68 Å². The van der Waals surface area contributed by atoms with E-state index in [1.807, 2.05) is 18.7 Å². The van der Waals surface area contributed by atoms with Crippen LogP contribution in [0, 0.1) is 6.92 Å². The summed E-state index contributed by atoms with van der Waals surface area (Å²) in [6.45, 7) is 6.49. The maximum Gasteiger partial charge on any atom is 0.150 e. The third-order valence-electron chi connectivity index (χ3n) is 3.74. The summed E-state index contributed by atoms with van der Waals surface area (Å²) in [6.07, 6.45) is 3.69. The van der Waals surface area contributed by atoms with E-state index in [0.717, 1.165) is 17.2 Å². The van der Waals surface area contributed by atoms with Gasteiger partial charge >= 0.3 is 0 Å². The predicted octanol–water partition coefficient (Wildman–Crippen LogP) is 2.08. The fraction of sp³-hybridized carbons (Fsp3) is 0.750. The van der Waals surface area contributed by atoms with Crippen LogP contribution in [0.15, 0.2) is 0 Å². The van der Waals surface area contributed by atoms with E-state index in [4.69, 9.17) is 5.73 Å². The summed E-state index contributed by atoms with van der Waals surface area (Å²) in [5, 5.41) is 4.41. The van der Waals surface area contributed by atoms with Crippen LogP contribution in [0.4, 0.5) is 11.5 Å². The van der Waals surface area contributed by atoms with Crippen molar-refractivity contribution >= 4 is 11.5 Å². The summed E-state index contributed by atoms with van der Waals surface area (Å²) in [7, 11) is 1.98. The summed E-state index contributed by atoms with van der Waals surface area (Å²) in [5.41, 5.74) is 7.92. The van der Waals surface area contributed by atoms with Crippen LogP contribution in [0.1, 0.15) is 38.8 Å². The van der Waals surface area contributed by atoms with E-state index >= 15 is 0 Å². The minimum Gasteiger partial charge on any atom is -0.394 e. The Hall–Kier alpha value is -1.19. The van der Waals surface area contributed by atoms with E-state index in [1.165, 1.54) is 19.3 Å². The quantitative estimate of drug-likeness (QED) is 0.833. The number of rotatable bonds is 2. The van der Waals surface area contributed by atoms with E-state index in [1.54, 1.807) is 0 Å². The highest BCUT2D eigenvalue weighted by molar-refractivity contribution is 5.67. The summed E-state index contributed by atoms with van der Waals surface area (Å²) >= 11 is 0. The third-order valence-corrected chi connectivity index (χ3v) is 3.74. The Morgan fingerprint density at radius 3 is 2.62 bits per heavy atom. The molecule has 1 fully saturated rings. The van der Waals surface area contributed by atoms with Crippen LogP contribution in [0.2, 0.25) is 0 Å². The van der Waals surface area contributed by atoms with Crippen molar-refractivity contribution in [3.05, 3.63) is 5.69 Å². The summed E-state index contributed by atoms with van der Waals surface area (Å²) in [6, 6.07) is 1.19. The Morgan fingerprint density at radius 1 is 1.44 bits per heavy atom. The summed E-state index contributed by atoms with van der Waals surface area (Å²) in [5.74, 6) is 1.11. The van der Waals surface area contributed by atoms with Crippen molar-refractivity contribution in [3.8, 4) is 0 Å². The maximum absolute atomic E-state index is 6.14. The fourth-order valence-corrected chi connectivity index (χ4v) is 2.82. The molecule has 16 heavy (non-hydrogen) atoms. The normalized spacial score (nSPS) is 25.4. The van der Waals surface area contributed by atoms with Gasteiger partial charge in [0.05, 0.1) is 11.4 Å². The van der Waals surface area contributed by atoms with Crippen LogP contribution in [-0.4, -0.2) is 21.9 Å². The zero-order valence-corrected chi connectivity index (χ0v) is 10.7. The Balaban J connectivity index is 2.42. The molecule has 0 spiro atoms. The van der Waals surface area contributed by atoms with Crippen molar-refractivity contribution in [1.82, 2.24) is 9.78 Å². The highest BCUT2D eigenvalue weighted by atomic mass is 15.4. The molecule has 1 aromatic heterocycles. The lowest BCUT2D eigenvalue weighted by molar-refractivity contribution is 0.599. The molecule has 2 unspecified atom stereocenters. The average molecular weight is 222 g/mol. The lowest BCUT2D eigenvalue weighted by Crippen LogP contribution is -2.36. The Morgan fingerprint density at radius 2 is 2.12 bits per heavy atom. The van der Waals surface area contributed by atoms with Crippen LogP contribution < -0.4 is 10.6 Å². The number of hydrogen-bond acceptors (Lipinski definition) is 3. The van der Waals surface area contributed by atoms with Gasteiger partial charge in [-0.15, -0.1) is 0 Å². The Labute approximate surface area is 97.4 Å². The van der Waals surface area contributed by atoms with E-state index in [0.29, 0.717) is 12.1 Å². The van der Waals surface area contributed by atoms with Gasteiger partial charge in [0.15, 0.2) is 5.82 Å². The van der Waals surface area contributed by atoms with Gasteiger partial charge in [-0.25, -0.2) is 0 Å². The van der Waals surface area contributed by atoms with Crippen molar-refractivity contribution in [2.24, 2.45) is 7.05 Å². The number of nitrogens with two attached hydrogens (primary N) is 1. The molecule has 0 aromatic carbocycles. The number of aryl methyl sites for hydroxylation is 2. The highest BCUT2D eigenvalue weighted by Gasteiger charge is 2.33. The third kappa shape index (κ3) is 1.56. The van der Waals surface area contributed by atoms with Gasteiger partial charge < -0.3 is 10.6 Å². The molecule has 0 aliphatic carbocycles. The monoisotopic (exact) mass is 222 g/mol. The molecule has 0 radical (unpaired) electrons. The number of aromatic nitrogens is 2. The van der Waals surface area contributed by atoms with Crippen LogP contribution in [0.25, 0.3) is 0 Å². The largest absolute Gasteiger partial charge is 0.394 e. The number of anilines is 2. The molecule has 1 aromatic rings. The zero-order valence-electron chi connectivity index (χ0n) is 10.7. The fourth-order valence-electron chi connectivity index (χ4n) is 2.82. The second-order valence-corrected chi connectivity index (χ2v) is 4.84. The average Bonchev–Trinajstić information content (AvgIpc) is 2.70. The van der Waals surface area contributed by atoms with Crippen LogP contribution >= 0.6 is 0 Å². The first-order chi connectivity index (χ1) is 7.56. The van der Waals surface area contributed by atoms with Gasteiger partial charge in [-0.1, -0.05) is 6.92 Å². The highest BCUT2D eigenvalue weighted by Crippen LogP contribution is 2.36. The number of nitrogen functional groups attached to an aromatic ring is 1. The van der Waals surface area contributed by atoms with Gasteiger partial charge in [0, 0.05) is 19.1 Å². The molecule has 4 nitrogen and oxygen atoms in total. The molecule has 0 bridgehead atoms. The summed E-state index contributed by atoms with van der Waals surface area (Å²) < 4.78 is 1.93. The van der Waals surface area contributed by atoms with Crippen molar-refractivity contribution in [1.29, 1.82) is 0 Å². The molecule has 90 valence electrons. The van der Waals surface area contributed by atoms with Crippen LogP contribution in [0.5, 0.6) is 0 Å². The molecule has 2 N–H and O–H groups in total. The van der Waals surface area contributed by atoms with Crippen molar-refractivity contribution in [2.75, 3.05) is 10.6 Å². The first kappa shape index (κ1) is 11.3. The topological polar surface area (TPSA) is 47.1 Å². The molecule has 2 heterocycles. The van der Waals surface area contributed by atoms with Crippen molar-refractivity contribution in [3.63, 3.8) is 0 Å². The molecule has 1 aliphatic rings. The van der Waals surface area contributed by atoms with Crippen molar-refractivity contribution < 1.29 is 0 Å². The lowest BCUT2D eigenvalue weighted by atomic mass is 10.1. The molecule has 4 heteroatoms. The molecule has 0 saturated carbocycles. The predicted molar refractivity (Wildman–Crippen MR) is 67.6 cm³/mol. The van der Waals surface area contributed by atoms with Gasteiger partial charge in [0.25, 0.3) is 0 Å². The molecule has 0 amide bonds. The molecule has 2 atom stereocenters. The molecule has 1 aliphatic heterocycles. The molecular weight excluding hydrogens is 200 g/mol. The van der Waals surface area contributed by atoms with Crippen molar-refractivity contribution in [2.45, 2.75) is 52.1 Å². The smallest absolute Gasteiger partial charge is 0.150 e. The molecular formula is C12H22N4. The molecule has 1 saturated heterocycles. The standard InChI is InChI=1S/C12H22N4/c1-5-10-7-6-8(2)16(10)12-11(13)9(3)14-15(12)4/h8,10H,5-7,13H2,1-4H3. The van der Waals surface area contributed by atoms with E-state index in [9.17, 15) is 0 Å². The zero-order chi connectivity index (χ0) is 11.9. The molecule has 2 rings (SSSR count). The first-order valence-electron chi connectivity index (χ1n) is 6.13. The summed E-state index contributed by atoms with van der Waals surface area (Å²) in [4.78, 5) is 2.45. The lowest BCUT2D eigenvalue weighted by Gasteiger charge is -2.30. The minimum absolute atomic E-state index is 0.571. The van der Waals surface area contributed by atoms with Gasteiger partial charge in [-0.2, -0.15) is 5.10 Å². The van der Waals surface area contributed by atoms with Crippen LogP contribution in [0.3, 0.4) is 0 Å². The van der Waals surface area contributed by atoms with E-state index in [-0.39, 0.29) is 0 Å². The van der Waals surface area contributed by atoms with Gasteiger partial charge in [0.2, 0.25) is 0 Å². The van der Waals surface area contributed by atoms with Crippen LogP contribution in [-0.2, 0) is 7.05 Å². The minimum atomic E-state index is 0.571. The second kappa shape index (κ2) is 4.00. The Bertz CT molecular complexity index is 383. The van der Waals surface area contributed by atoms with Gasteiger partial charge in [0.1, 0.15) is 0 Å². The first-order valence-corrected chi connectivity index (χ1v) is 6.13. The van der Waals surface area contributed by atoms with Gasteiger partial charge in [-0.05, 0) is 33.1 Å². The second-order valence-electron chi connectivity index (χ2n) is 4.84. The number of nitrogens with zero attached hydrogens (tertiary/aromatic N) is 3. The Kier molecular flexibility index (Phi) is 2.82. The van der Waals surface area contributed by atoms with E-state index < -0.39 is 0 Å².